The van der Waals surface area contributed by atoms with Gasteiger partial charge in [-0.25, -0.2) is 0 Å². The lowest BCUT2D eigenvalue weighted by atomic mass is 10.2. The van der Waals surface area contributed by atoms with Crippen LogP contribution in [0.2, 0.25) is 0 Å². The molecule has 0 radical (unpaired) electrons. The second-order valence-electron chi connectivity index (χ2n) is 3.13. The fourth-order valence-electron chi connectivity index (χ4n) is 1.51. The number of ether oxygens (including phenoxy) is 2. The summed E-state index contributed by atoms with van der Waals surface area (Å²) in [6.45, 7) is 2.61. The highest BCUT2D eigenvalue weighted by molar-refractivity contribution is 5.86. The van der Waals surface area contributed by atoms with Gasteiger partial charge in [0.15, 0.2) is 0 Å². The van der Waals surface area contributed by atoms with E-state index >= 15 is 0 Å². The molecule has 0 fully saturated rings. The summed E-state index contributed by atoms with van der Waals surface area (Å²) < 4.78 is 10.7. The zero-order valence-electron chi connectivity index (χ0n) is 8.86. The van der Waals surface area contributed by atoms with Crippen LogP contribution in [-0.4, -0.2) is 18.7 Å². The Balaban J connectivity index is 2.59. The van der Waals surface area contributed by atoms with Gasteiger partial charge < -0.3 is 9.47 Å². The molecule has 2 rings (SSSR count). The number of benzene rings is 1. The van der Waals surface area contributed by atoms with Crippen LogP contribution in [0.1, 0.15) is 6.92 Å². The van der Waals surface area contributed by atoms with E-state index < -0.39 is 0 Å². The van der Waals surface area contributed by atoms with E-state index in [2.05, 4.69) is 4.98 Å². The molecule has 3 heteroatoms. The van der Waals surface area contributed by atoms with E-state index in [9.17, 15) is 0 Å². The molecule has 1 aromatic heterocycles. The van der Waals surface area contributed by atoms with Gasteiger partial charge in [0, 0.05) is 11.6 Å². The third-order valence-corrected chi connectivity index (χ3v) is 2.21. The minimum atomic E-state index is 0.649. The Bertz CT molecular complexity index is 468. The predicted molar refractivity (Wildman–Crippen MR) is 59.5 cm³/mol. The number of pyridine rings is 1. The number of fused-ring (bicyclic) bond motifs is 1. The average molecular weight is 203 g/mol. The molecule has 0 aliphatic rings. The third kappa shape index (κ3) is 1.86. The van der Waals surface area contributed by atoms with Gasteiger partial charge >= 0.3 is 0 Å². The molecule has 2 aromatic rings. The topological polar surface area (TPSA) is 31.4 Å². The monoisotopic (exact) mass is 203 g/mol. The largest absolute Gasteiger partial charge is 0.497 e. The quantitative estimate of drug-likeness (QED) is 0.768. The molecule has 0 spiro atoms. The molecule has 15 heavy (non-hydrogen) atoms. The standard InChI is InChI=1S/C12H13NO2/c1-3-15-12-6-7-13-11-5-4-9(14-2)8-10(11)12/h4-8H,3H2,1-2H3. The molecule has 0 aliphatic carbocycles. The van der Waals surface area contributed by atoms with E-state index in [4.69, 9.17) is 9.47 Å². The summed E-state index contributed by atoms with van der Waals surface area (Å²) in [6, 6.07) is 7.63. The minimum Gasteiger partial charge on any atom is -0.497 e. The van der Waals surface area contributed by atoms with Gasteiger partial charge in [0.1, 0.15) is 11.5 Å². The lowest BCUT2D eigenvalue weighted by molar-refractivity contribution is 0.344. The normalized spacial score (nSPS) is 10.3. The van der Waals surface area contributed by atoms with Crippen molar-refractivity contribution in [2.75, 3.05) is 13.7 Å². The summed E-state index contributed by atoms with van der Waals surface area (Å²) in [5.74, 6) is 1.66. The molecule has 0 amide bonds. The number of methoxy groups -OCH3 is 1. The summed E-state index contributed by atoms with van der Waals surface area (Å²) in [4.78, 5) is 4.26. The summed E-state index contributed by atoms with van der Waals surface area (Å²) >= 11 is 0. The summed E-state index contributed by atoms with van der Waals surface area (Å²) in [5, 5.41) is 0.985. The van der Waals surface area contributed by atoms with E-state index in [1.807, 2.05) is 31.2 Å². The molecule has 0 unspecified atom stereocenters. The number of rotatable bonds is 3. The van der Waals surface area contributed by atoms with E-state index in [0.29, 0.717) is 6.61 Å². The van der Waals surface area contributed by atoms with Gasteiger partial charge in [0.2, 0.25) is 0 Å². The van der Waals surface area contributed by atoms with Crippen molar-refractivity contribution in [1.29, 1.82) is 0 Å². The van der Waals surface area contributed by atoms with E-state index in [1.165, 1.54) is 0 Å². The van der Waals surface area contributed by atoms with Crippen molar-refractivity contribution in [1.82, 2.24) is 4.98 Å². The van der Waals surface area contributed by atoms with Crippen LogP contribution >= 0.6 is 0 Å². The van der Waals surface area contributed by atoms with Crippen LogP contribution in [0.3, 0.4) is 0 Å². The first kappa shape index (κ1) is 9.77. The highest BCUT2D eigenvalue weighted by Crippen LogP contribution is 2.27. The number of hydrogen-bond donors (Lipinski definition) is 0. The van der Waals surface area contributed by atoms with Gasteiger partial charge in [-0.2, -0.15) is 0 Å². The zero-order valence-corrected chi connectivity index (χ0v) is 8.86. The van der Waals surface area contributed by atoms with Gasteiger partial charge in [0.25, 0.3) is 0 Å². The van der Waals surface area contributed by atoms with Crippen LogP contribution in [0.15, 0.2) is 30.5 Å². The summed E-state index contributed by atoms with van der Waals surface area (Å²) in [5.41, 5.74) is 0.918. The Morgan fingerprint density at radius 2 is 2.13 bits per heavy atom. The Labute approximate surface area is 88.7 Å². The van der Waals surface area contributed by atoms with Crippen molar-refractivity contribution >= 4 is 10.9 Å². The molecule has 0 N–H and O–H groups in total. The van der Waals surface area contributed by atoms with Crippen LogP contribution in [0.4, 0.5) is 0 Å². The minimum absolute atomic E-state index is 0.649. The molecule has 1 aromatic carbocycles. The molecule has 0 saturated heterocycles. The second-order valence-corrected chi connectivity index (χ2v) is 3.13. The van der Waals surface area contributed by atoms with Crippen molar-refractivity contribution in [2.45, 2.75) is 6.92 Å². The Kier molecular flexibility index (Phi) is 2.72. The molecule has 3 nitrogen and oxygen atoms in total. The number of nitrogens with zero attached hydrogens (tertiary/aromatic N) is 1. The van der Waals surface area contributed by atoms with Crippen LogP contribution in [0.5, 0.6) is 11.5 Å². The van der Waals surface area contributed by atoms with Gasteiger partial charge in [-0.3, -0.25) is 4.98 Å². The maximum absolute atomic E-state index is 5.52. The SMILES string of the molecule is CCOc1ccnc2ccc(OC)cc12. The third-order valence-electron chi connectivity index (χ3n) is 2.21. The average Bonchev–Trinajstić information content (AvgIpc) is 2.29. The van der Waals surface area contributed by atoms with Crippen LogP contribution in [-0.2, 0) is 0 Å². The smallest absolute Gasteiger partial charge is 0.130 e. The van der Waals surface area contributed by atoms with Crippen molar-refractivity contribution in [3.05, 3.63) is 30.5 Å². The van der Waals surface area contributed by atoms with E-state index in [1.54, 1.807) is 13.3 Å². The molecule has 0 atom stereocenters. The second kappa shape index (κ2) is 4.17. The fraction of sp³-hybridized carbons (Fsp3) is 0.250. The fourth-order valence-corrected chi connectivity index (χ4v) is 1.51. The van der Waals surface area contributed by atoms with Crippen LogP contribution in [0, 0.1) is 0 Å². The Hall–Kier alpha value is -1.77. The van der Waals surface area contributed by atoms with Gasteiger partial charge in [-0.1, -0.05) is 0 Å². The molecular formula is C12H13NO2. The van der Waals surface area contributed by atoms with Gasteiger partial charge in [-0.15, -0.1) is 0 Å². The number of hydrogen-bond acceptors (Lipinski definition) is 3. The highest BCUT2D eigenvalue weighted by Gasteiger charge is 2.03. The Morgan fingerprint density at radius 3 is 2.87 bits per heavy atom. The molecule has 1 heterocycles. The maximum atomic E-state index is 5.52. The summed E-state index contributed by atoms with van der Waals surface area (Å²) in [7, 11) is 1.65. The van der Waals surface area contributed by atoms with Crippen LogP contribution in [0.25, 0.3) is 10.9 Å². The van der Waals surface area contributed by atoms with Crippen molar-refractivity contribution in [2.24, 2.45) is 0 Å². The molecular weight excluding hydrogens is 190 g/mol. The van der Waals surface area contributed by atoms with Crippen molar-refractivity contribution < 1.29 is 9.47 Å². The van der Waals surface area contributed by atoms with Crippen LogP contribution < -0.4 is 9.47 Å². The highest BCUT2D eigenvalue weighted by atomic mass is 16.5. The van der Waals surface area contributed by atoms with E-state index in [-0.39, 0.29) is 0 Å². The molecule has 0 bridgehead atoms. The zero-order chi connectivity index (χ0) is 10.7. The Morgan fingerprint density at radius 1 is 1.27 bits per heavy atom. The van der Waals surface area contributed by atoms with Crippen molar-refractivity contribution in [3.63, 3.8) is 0 Å². The molecule has 78 valence electrons. The number of aromatic nitrogens is 1. The molecule has 0 aliphatic heterocycles. The predicted octanol–water partition coefficient (Wildman–Crippen LogP) is 2.64. The first-order chi connectivity index (χ1) is 7.35. The van der Waals surface area contributed by atoms with Crippen molar-refractivity contribution in [3.8, 4) is 11.5 Å². The first-order valence-corrected chi connectivity index (χ1v) is 4.90. The lowest BCUT2D eigenvalue weighted by Crippen LogP contribution is -1.93. The van der Waals surface area contributed by atoms with Gasteiger partial charge in [0.05, 0.1) is 19.2 Å². The lowest BCUT2D eigenvalue weighted by Gasteiger charge is -2.07. The summed E-state index contributed by atoms with van der Waals surface area (Å²) in [6.07, 6.45) is 1.75. The molecule has 0 saturated carbocycles. The van der Waals surface area contributed by atoms with Gasteiger partial charge in [-0.05, 0) is 31.2 Å². The maximum Gasteiger partial charge on any atom is 0.130 e. The first-order valence-electron chi connectivity index (χ1n) is 4.90. The van der Waals surface area contributed by atoms with E-state index in [0.717, 1.165) is 22.4 Å².